The van der Waals surface area contributed by atoms with Crippen LogP contribution in [-0.2, 0) is 23.5 Å². The van der Waals surface area contributed by atoms with Crippen molar-refractivity contribution in [2.24, 2.45) is 0 Å². The maximum Gasteiger partial charge on any atom is 0.0963 e. The van der Waals surface area contributed by atoms with Crippen LogP contribution in [0.2, 0.25) is 0 Å². The smallest absolute Gasteiger partial charge is 0.0963 e. The molecule has 1 fully saturated rings. The Balaban J connectivity index is 1.26. The Morgan fingerprint density at radius 2 is 1.89 bits per heavy atom. The van der Waals surface area contributed by atoms with Gasteiger partial charge in [0.15, 0.2) is 0 Å². The SMILES string of the molecule is Cc1ccc2c(c1)C1(CCN(Cc3cnn(-c4ccccc4)c3)CC1)OC2. The molecule has 2 aliphatic heterocycles. The number of nitrogens with zero attached hydrogens (tertiary/aromatic N) is 3. The van der Waals surface area contributed by atoms with E-state index in [0.29, 0.717) is 0 Å². The van der Waals surface area contributed by atoms with E-state index in [1.54, 1.807) is 0 Å². The van der Waals surface area contributed by atoms with Crippen LogP contribution in [0, 0.1) is 6.92 Å². The number of ether oxygens (including phenoxy) is 1. The third-order valence-corrected chi connectivity index (χ3v) is 5.99. The van der Waals surface area contributed by atoms with Crippen molar-refractivity contribution in [1.29, 1.82) is 0 Å². The van der Waals surface area contributed by atoms with Crippen molar-refractivity contribution >= 4 is 0 Å². The number of likely N-dealkylation sites (tertiary alicyclic amines) is 1. The predicted octanol–water partition coefficient (Wildman–Crippen LogP) is 4.20. The Morgan fingerprint density at radius 1 is 1.07 bits per heavy atom. The molecule has 2 aliphatic rings. The summed E-state index contributed by atoms with van der Waals surface area (Å²) < 4.78 is 8.28. The minimum atomic E-state index is -0.0634. The van der Waals surface area contributed by atoms with E-state index in [9.17, 15) is 0 Å². The summed E-state index contributed by atoms with van der Waals surface area (Å²) in [6.45, 7) is 6.00. The molecule has 0 amide bonds. The first kappa shape index (κ1) is 16.7. The molecule has 5 rings (SSSR count). The van der Waals surface area contributed by atoms with E-state index in [4.69, 9.17) is 4.74 Å². The third kappa shape index (κ3) is 3.09. The van der Waals surface area contributed by atoms with Crippen molar-refractivity contribution in [2.75, 3.05) is 13.1 Å². The summed E-state index contributed by atoms with van der Waals surface area (Å²) in [6.07, 6.45) is 6.26. The molecule has 4 nitrogen and oxygen atoms in total. The Kier molecular flexibility index (Phi) is 4.10. The minimum Gasteiger partial charge on any atom is -0.365 e. The highest BCUT2D eigenvalue weighted by Crippen LogP contribution is 2.44. The van der Waals surface area contributed by atoms with Crippen molar-refractivity contribution in [3.63, 3.8) is 0 Å². The van der Waals surface area contributed by atoms with Crippen LogP contribution < -0.4 is 0 Å². The second-order valence-corrected chi connectivity index (χ2v) is 7.85. The average Bonchev–Trinajstić information content (AvgIpc) is 3.30. The van der Waals surface area contributed by atoms with E-state index in [0.717, 1.165) is 44.8 Å². The van der Waals surface area contributed by atoms with Crippen LogP contribution >= 0.6 is 0 Å². The summed E-state index contributed by atoms with van der Waals surface area (Å²) in [5.41, 5.74) is 6.43. The topological polar surface area (TPSA) is 30.3 Å². The number of rotatable bonds is 3. The number of piperidine rings is 1. The molecular weight excluding hydrogens is 334 g/mol. The van der Waals surface area contributed by atoms with Gasteiger partial charge in [-0.2, -0.15) is 5.10 Å². The number of fused-ring (bicyclic) bond motifs is 2. The lowest BCUT2D eigenvalue weighted by Gasteiger charge is -2.39. The highest BCUT2D eigenvalue weighted by atomic mass is 16.5. The Morgan fingerprint density at radius 3 is 2.70 bits per heavy atom. The summed E-state index contributed by atoms with van der Waals surface area (Å²) in [5.74, 6) is 0. The maximum absolute atomic E-state index is 6.32. The van der Waals surface area contributed by atoms with Crippen molar-refractivity contribution < 1.29 is 4.74 Å². The van der Waals surface area contributed by atoms with Gasteiger partial charge in [0.25, 0.3) is 0 Å². The summed E-state index contributed by atoms with van der Waals surface area (Å²) in [4.78, 5) is 2.52. The van der Waals surface area contributed by atoms with Crippen LogP contribution in [0.1, 0.15) is 35.1 Å². The second kappa shape index (κ2) is 6.63. The quantitative estimate of drug-likeness (QED) is 0.702. The molecule has 0 atom stereocenters. The molecule has 138 valence electrons. The monoisotopic (exact) mass is 359 g/mol. The van der Waals surface area contributed by atoms with Crippen molar-refractivity contribution in [1.82, 2.24) is 14.7 Å². The first-order valence-corrected chi connectivity index (χ1v) is 9.77. The summed E-state index contributed by atoms with van der Waals surface area (Å²) in [7, 11) is 0. The fraction of sp³-hybridized carbons (Fsp3) is 0.348. The molecule has 3 heterocycles. The fourth-order valence-corrected chi connectivity index (χ4v) is 4.44. The number of hydrogen-bond acceptors (Lipinski definition) is 3. The molecule has 0 saturated carbocycles. The molecule has 0 radical (unpaired) electrons. The van der Waals surface area contributed by atoms with Crippen LogP contribution in [0.15, 0.2) is 60.9 Å². The number of benzene rings is 2. The molecule has 1 spiro atoms. The Labute approximate surface area is 160 Å². The van der Waals surface area contributed by atoms with E-state index < -0.39 is 0 Å². The highest BCUT2D eigenvalue weighted by Gasteiger charge is 2.42. The van der Waals surface area contributed by atoms with Gasteiger partial charge in [-0.3, -0.25) is 4.90 Å². The Hall–Kier alpha value is -2.43. The molecule has 0 unspecified atom stereocenters. The van der Waals surface area contributed by atoms with Crippen LogP contribution in [0.4, 0.5) is 0 Å². The first-order chi connectivity index (χ1) is 13.2. The maximum atomic E-state index is 6.32. The molecule has 2 aromatic carbocycles. The predicted molar refractivity (Wildman–Crippen MR) is 106 cm³/mol. The Bertz CT molecular complexity index is 939. The van der Waals surface area contributed by atoms with Crippen LogP contribution in [0.25, 0.3) is 5.69 Å². The van der Waals surface area contributed by atoms with E-state index in [1.807, 2.05) is 29.1 Å². The van der Waals surface area contributed by atoms with Crippen molar-refractivity contribution in [2.45, 2.75) is 38.5 Å². The van der Waals surface area contributed by atoms with Gasteiger partial charge in [0.05, 0.1) is 24.1 Å². The molecule has 1 aromatic heterocycles. The zero-order valence-corrected chi connectivity index (χ0v) is 15.8. The molecule has 0 N–H and O–H groups in total. The lowest BCUT2D eigenvalue weighted by molar-refractivity contribution is -0.0799. The van der Waals surface area contributed by atoms with Gasteiger partial charge in [0.1, 0.15) is 0 Å². The summed E-state index contributed by atoms with van der Waals surface area (Å²) >= 11 is 0. The normalized spacial score (nSPS) is 18.7. The molecule has 4 heteroatoms. The van der Waals surface area contributed by atoms with Crippen LogP contribution in [0.3, 0.4) is 0 Å². The zero-order valence-electron chi connectivity index (χ0n) is 15.8. The number of hydrogen-bond donors (Lipinski definition) is 0. The molecule has 3 aromatic rings. The van der Waals surface area contributed by atoms with Crippen molar-refractivity contribution in [3.05, 3.63) is 83.2 Å². The van der Waals surface area contributed by atoms with Gasteiger partial charge in [0.2, 0.25) is 0 Å². The number of aryl methyl sites for hydroxylation is 1. The van der Waals surface area contributed by atoms with Crippen LogP contribution in [0.5, 0.6) is 0 Å². The van der Waals surface area contributed by atoms with E-state index in [2.05, 4.69) is 53.5 Å². The van der Waals surface area contributed by atoms with E-state index in [1.165, 1.54) is 22.3 Å². The van der Waals surface area contributed by atoms with Gasteiger partial charge >= 0.3 is 0 Å². The van der Waals surface area contributed by atoms with Gasteiger partial charge in [0, 0.05) is 31.4 Å². The lowest BCUT2D eigenvalue weighted by Crippen LogP contribution is -2.42. The number of aromatic nitrogens is 2. The van der Waals surface area contributed by atoms with Gasteiger partial charge in [-0.1, -0.05) is 42.0 Å². The van der Waals surface area contributed by atoms with Crippen LogP contribution in [-0.4, -0.2) is 27.8 Å². The zero-order chi connectivity index (χ0) is 18.3. The standard InChI is InChI=1S/C23H25N3O/c1-18-7-8-20-17-27-23(22(20)13-18)9-11-25(12-10-23)15-19-14-24-26(16-19)21-5-3-2-4-6-21/h2-8,13-14,16H,9-12,15,17H2,1H3. The van der Waals surface area contributed by atoms with Gasteiger partial charge in [-0.25, -0.2) is 4.68 Å². The number of para-hydroxylation sites is 1. The first-order valence-electron chi connectivity index (χ1n) is 9.77. The lowest BCUT2D eigenvalue weighted by atomic mass is 9.83. The molecule has 0 aliphatic carbocycles. The average molecular weight is 359 g/mol. The highest BCUT2D eigenvalue weighted by molar-refractivity contribution is 5.39. The third-order valence-electron chi connectivity index (χ3n) is 5.99. The fourth-order valence-electron chi connectivity index (χ4n) is 4.44. The molecular formula is C23H25N3O. The molecule has 1 saturated heterocycles. The minimum absolute atomic E-state index is 0.0634. The van der Waals surface area contributed by atoms with Gasteiger partial charge in [-0.15, -0.1) is 0 Å². The van der Waals surface area contributed by atoms with E-state index >= 15 is 0 Å². The molecule has 0 bridgehead atoms. The summed E-state index contributed by atoms with van der Waals surface area (Å²) in [6, 6.07) is 17.1. The molecule has 27 heavy (non-hydrogen) atoms. The second-order valence-electron chi connectivity index (χ2n) is 7.85. The summed E-state index contributed by atoms with van der Waals surface area (Å²) in [5, 5.41) is 4.53. The van der Waals surface area contributed by atoms with Gasteiger partial charge in [-0.05, 0) is 43.0 Å². The van der Waals surface area contributed by atoms with Crippen molar-refractivity contribution in [3.8, 4) is 5.69 Å². The van der Waals surface area contributed by atoms with Gasteiger partial charge < -0.3 is 4.74 Å². The largest absolute Gasteiger partial charge is 0.365 e. The van der Waals surface area contributed by atoms with E-state index in [-0.39, 0.29) is 5.60 Å².